The standard InChI is InChI=1S/C11H14N5O9P/c12-8-5-9(14-2-13-8)16(3-15-5,11(19)20)10-7(18)6(17)4(25-10)1-24-26(21,22)23/h2-4,6-7,10,17-18H,1H2,(H4-,12,13,14,19,20,21,22,23)/t4-,6-,7-,10-,16?/m1/s1. The third kappa shape index (κ3) is 2.87. The minimum atomic E-state index is -4.88. The fourth-order valence-corrected chi connectivity index (χ4v) is 3.12. The van der Waals surface area contributed by atoms with Crippen LogP contribution in [0, 0.1) is 0 Å². The Bertz CT molecular complexity index is 815. The van der Waals surface area contributed by atoms with E-state index in [9.17, 15) is 24.7 Å². The predicted molar refractivity (Wildman–Crippen MR) is 80.5 cm³/mol. The highest BCUT2D eigenvalue weighted by molar-refractivity contribution is 7.46. The number of nitrogens with zero attached hydrogens (tertiary/aromatic N) is 4. The van der Waals surface area contributed by atoms with Gasteiger partial charge in [0, 0.05) is 0 Å². The number of carbonyl (C=O) groups excluding carboxylic acids is 1. The summed E-state index contributed by atoms with van der Waals surface area (Å²) in [6.45, 7) is -0.804. The number of rotatable bonds is 4. The molecule has 26 heavy (non-hydrogen) atoms. The van der Waals surface area contributed by atoms with E-state index >= 15 is 0 Å². The summed E-state index contributed by atoms with van der Waals surface area (Å²) in [5, 5.41) is 32.2. The van der Waals surface area contributed by atoms with E-state index in [0.717, 1.165) is 12.7 Å². The largest absolute Gasteiger partial charge is 0.497 e. The van der Waals surface area contributed by atoms with E-state index in [1.165, 1.54) is 0 Å². The van der Waals surface area contributed by atoms with Crippen molar-refractivity contribution in [3.63, 3.8) is 0 Å². The summed E-state index contributed by atoms with van der Waals surface area (Å²) in [4.78, 5) is 40.7. The quantitative estimate of drug-likeness (QED) is 0.255. The minimum Gasteiger partial charge on any atom is -0.497 e. The fourth-order valence-electron chi connectivity index (χ4n) is 2.78. The molecule has 6 N–H and O–H groups in total. The van der Waals surface area contributed by atoms with Crippen LogP contribution in [0.2, 0.25) is 0 Å². The number of nitrogen functional groups attached to an aromatic ring is 1. The molecule has 3 rings (SSSR count). The molecule has 0 spiro atoms. The van der Waals surface area contributed by atoms with Gasteiger partial charge in [0.05, 0.1) is 6.61 Å². The number of hydrogen-bond acceptors (Lipinski definition) is 11. The van der Waals surface area contributed by atoms with E-state index in [4.69, 9.17) is 20.3 Å². The number of phosphoric acid groups is 1. The van der Waals surface area contributed by atoms with Gasteiger partial charge in [-0.3, -0.25) is 4.52 Å². The number of quaternary nitrogens is 1. The number of aromatic nitrogens is 2. The van der Waals surface area contributed by atoms with Crippen LogP contribution in [0.1, 0.15) is 0 Å². The zero-order valence-corrected chi connectivity index (χ0v) is 13.7. The fraction of sp³-hybridized carbons (Fsp3) is 0.455. The van der Waals surface area contributed by atoms with Crippen LogP contribution in [-0.2, 0) is 13.8 Å². The Morgan fingerprint density at radius 1 is 1.38 bits per heavy atom. The van der Waals surface area contributed by atoms with Gasteiger partial charge in [-0.25, -0.2) is 9.55 Å². The number of aliphatic hydroxyl groups is 2. The van der Waals surface area contributed by atoms with Gasteiger partial charge >= 0.3 is 7.82 Å². The van der Waals surface area contributed by atoms with Crippen LogP contribution >= 0.6 is 7.82 Å². The summed E-state index contributed by atoms with van der Waals surface area (Å²) in [6, 6.07) is 0. The smallest absolute Gasteiger partial charge is 0.469 e. The Kier molecular flexibility index (Phi) is 4.54. The summed E-state index contributed by atoms with van der Waals surface area (Å²) in [5.74, 6) is -0.382. The highest BCUT2D eigenvalue weighted by atomic mass is 31.2. The second-order valence-electron chi connectivity index (χ2n) is 5.55. The molecule has 0 aromatic carbocycles. The first kappa shape index (κ1) is 18.8. The molecular formula is C11H14N5O9P. The third-order valence-corrected chi connectivity index (χ3v) is 4.48. The highest BCUT2D eigenvalue weighted by Crippen LogP contribution is 2.44. The molecule has 1 aromatic heterocycles. The van der Waals surface area contributed by atoms with Gasteiger partial charge in [0.25, 0.3) is 11.9 Å². The molecule has 1 unspecified atom stereocenters. The Hall–Kier alpha value is -2.03. The third-order valence-electron chi connectivity index (χ3n) is 4.00. The van der Waals surface area contributed by atoms with Crippen molar-refractivity contribution in [3.05, 3.63) is 6.33 Å². The van der Waals surface area contributed by atoms with E-state index in [2.05, 4.69) is 19.5 Å². The molecule has 3 heterocycles. The summed E-state index contributed by atoms with van der Waals surface area (Å²) in [5.41, 5.74) is 5.56. The van der Waals surface area contributed by atoms with Crippen LogP contribution in [0.25, 0.3) is 0 Å². The number of carboxylic acid groups (broad SMARTS) is 1. The Morgan fingerprint density at radius 3 is 2.69 bits per heavy atom. The van der Waals surface area contributed by atoms with Gasteiger partial charge in [0.15, 0.2) is 17.6 Å². The maximum absolute atomic E-state index is 11.9. The lowest BCUT2D eigenvalue weighted by Crippen LogP contribution is -2.67. The molecule has 14 nitrogen and oxygen atoms in total. The molecule has 1 saturated heterocycles. The zero-order chi connectivity index (χ0) is 19.3. The topological polar surface area (TPSA) is 221 Å². The molecule has 0 radical (unpaired) electrons. The molecule has 0 aliphatic carbocycles. The Labute approximate surface area is 145 Å². The van der Waals surface area contributed by atoms with Crippen LogP contribution < -0.4 is 15.3 Å². The van der Waals surface area contributed by atoms with Crippen molar-refractivity contribution >= 4 is 37.6 Å². The lowest BCUT2D eigenvalue weighted by Gasteiger charge is -2.34. The molecule has 0 saturated carbocycles. The highest BCUT2D eigenvalue weighted by Gasteiger charge is 2.59. The maximum Gasteiger partial charge on any atom is 0.469 e. The van der Waals surface area contributed by atoms with Crippen molar-refractivity contribution in [2.45, 2.75) is 24.5 Å². The van der Waals surface area contributed by atoms with Crippen molar-refractivity contribution in [2.24, 2.45) is 4.99 Å². The molecule has 15 heteroatoms. The van der Waals surface area contributed by atoms with Crippen molar-refractivity contribution in [2.75, 3.05) is 12.3 Å². The molecule has 0 bridgehead atoms. The first-order valence-electron chi connectivity index (χ1n) is 7.06. The van der Waals surface area contributed by atoms with Crippen LogP contribution in [0.3, 0.4) is 0 Å². The first-order chi connectivity index (χ1) is 12.1. The van der Waals surface area contributed by atoms with Crippen LogP contribution in [0.4, 0.5) is 22.1 Å². The van der Waals surface area contributed by atoms with Crippen LogP contribution in [0.15, 0.2) is 11.3 Å². The van der Waals surface area contributed by atoms with Gasteiger partial charge in [0.2, 0.25) is 12.6 Å². The van der Waals surface area contributed by atoms with Crippen LogP contribution in [-0.4, -0.2) is 73.5 Å². The van der Waals surface area contributed by atoms with Gasteiger partial charge < -0.3 is 40.4 Å². The number of phosphoric ester groups is 1. The first-order valence-corrected chi connectivity index (χ1v) is 8.59. The van der Waals surface area contributed by atoms with Gasteiger partial charge in [0.1, 0.15) is 18.5 Å². The number of anilines is 1. The van der Waals surface area contributed by atoms with E-state index < -0.39 is 49.5 Å². The van der Waals surface area contributed by atoms with Gasteiger partial charge in [-0.15, -0.1) is 0 Å². The number of amides is 1. The Balaban J connectivity index is 1.97. The summed E-state index contributed by atoms with van der Waals surface area (Å²) in [6.07, 6.45) is -6.61. The molecular weight excluding hydrogens is 377 g/mol. The van der Waals surface area contributed by atoms with Gasteiger partial charge in [-0.05, 0) is 0 Å². The summed E-state index contributed by atoms with van der Waals surface area (Å²) in [7, 11) is -4.88. The van der Waals surface area contributed by atoms with E-state index in [1.54, 1.807) is 0 Å². The average molecular weight is 391 g/mol. The molecule has 1 amide bonds. The maximum atomic E-state index is 11.9. The number of nitrogens with two attached hydrogens (primary N) is 1. The van der Waals surface area contributed by atoms with E-state index in [-0.39, 0.29) is 17.3 Å². The van der Waals surface area contributed by atoms with E-state index in [1.807, 2.05) is 0 Å². The van der Waals surface area contributed by atoms with Crippen LogP contribution in [0.5, 0.6) is 0 Å². The van der Waals surface area contributed by atoms with Gasteiger partial charge in [-0.1, -0.05) is 0 Å². The zero-order valence-electron chi connectivity index (χ0n) is 12.8. The molecule has 2 aliphatic rings. The van der Waals surface area contributed by atoms with Gasteiger partial charge in [-0.2, -0.15) is 14.5 Å². The van der Waals surface area contributed by atoms with Crippen molar-refractivity contribution in [3.8, 4) is 0 Å². The molecule has 142 valence electrons. The number of aliphatic hydroxyl groups excluding tert-OH is 2. The SMILES string of the molecule is Nc1ncnc2c1N=C[N+]2(C(=O)[O-])[C@@H]1O[C@H](COP(=O)(O)O)[C@@H](O)[C@H]1O. The molecule has 5 atom stereocenters. The second kappa shape index (κ2) is 6.29. The van der Waals surface area contributed by atoms with Crippen molar-refractivity contribution in [1.82, 2.24) is 14.5 Å². The number of carbonyl (C=O) groups is 1. The van der Waals surface area contributed by atoms with E-state index in [0.29, 0.717) is 0 Å². The number of ether oxygens (including phenoxy) is 1. The normalized spacial score (nSPS) is 33.4. The van der Waals surface area contributed by atoms with Crippen molar-refractivity contribution in [1.29, 1.82) is 0 Å². The summed E-state index contributed by atoms with van der Waals surface area (Å²) >= 11 is 0. The monoisotopic (exact) mass is 391 g/mol. The number of aliphatic imine (C=N–C) groups is 1. The predicted octanol–water partition coefficient (Wildman–Crippen LogP) is -3.06. The average Bonchev–Trinajstić information content (AvgIpc) is 3.06. The number of hydrogen-bond donors (Lipinski definition) is 5. The summed E-state index contributed by atoms with van der Waals surface area (Å²) < 4.78 is 19.0. The number of fused-ring (bicyclic) bond motifs is 1. The lowest BCUT2D eigenvalue weighted by molar-refractivity contribution is -0.267. The molecule has 1 aromatic rings. The lowest BCUT2D eigenvalue weighted by atomic mass is 10.1. The minimum absolute atomic E-state index is 0.0723. The molecule has 1 fully saturated rings. The molecule has 2 aliphatic heterocycles. The van der Waals surface area contributed by atoms with Crippen molar-refractivity contribution < 1.29 is 43.7 Å². The Morgan fingerprint density at radius 2 is 2.08 bits per heavy atom. The second-order valence-corrected chi connectivity index (χ2v) is 6.79.